The molecular weight excluding hydrogens is 279 g/mol. The van der Waals surface area contributed by atoms with Crippen LogP contribution in [0.25, 0.3) is 0 Å². The van der Waals surface area contributed by atoms with Gasteiger partial charge in [0.05, 0.1) is 9.75 Å². The van der Waals surface area contributed by atoms with Gasteiger partial charge >= 0.3 is 6.18 Å². The molecule has 1 N–H and O–H groups in total. The third-order valence-corrected chi connectivity index (χ3v) is 3.14. The van der Waals surface area contributed by atoms with Crippen molar-refractivity contribution in [2.75, 3.05) is 19.7 Å². The number of rotatable bonds is 3. The second-order valence-corrected chi connectivity index (χ2v) is 4.64. The van der Waals surface area contributed by atoms with Crippen LogP contribution < -0.4 is 0 Å². The first-order valence-electron chi connectivity index (χ1n) is 5.43. The van der Waals surface area contributed by atoms with Crippen LogP contribution in [0.3, 0.4) is 0 Å². The minimum Gasteiger partial charge on any atom is -0.384 e. The number of nitrogens with zero attached hydrogens (tertiary/aromatic N) is 1. The predicted molar refractivity (Wildman–Crippen MR) is 65.9 cm³/mol. The van der Waals surface area contributed by atoms with Gasteiger partial charge in [0.2, 0.25) is 0 Å². The zero-order chi connectivity index (χ0) is 14.5. The highest BCUT2D eigenvalue weighted by Crippen LogP contribution is 2.21. The predicted octanol–water partition coefficient (Wildman–Crippen LogP) is 2.12. The fourth-order valence-corrected chi connectivity index (χ4v) is 2.19. The minimum absolute atomic E-state index is 0.0199. The van der Waals surface area contributed by atoms with E-state index in [1.807, 2.05) is 0 Å². The minimum atomic E-state index is -4.41. The van der Waals surface area contributed by atoms with Crippen molar-refractivity contribution in [2.24, 2.45) is 0 Å². The van der Waals surface area contributed by atoms with E-state index in [0.717, 1.165) is 16.2 Å². The molecule has 1 heterocycles. The van der Waals surface area contributed by atoms with Crippen molar-refractivity contribution in [3.05, 3.63) is 21.9 Å². The molecule has 3 nitrogen and oxygen atoms in total. The summed E-state index contributed by atoms with van der Waals surface area (Å²) in [7, 11) is 0. The number of aliphatic hydroxyl groups excluding tert-OH is 1. The highest BCUT2D eigenvalue weighted by atomic mass is 32.1. The summed E-state index contributed by atoms with van der Waals surface area (Å²) in [6.45, 7) is -0.105. The zero-order valence-electron chi connectivity index (χ0n) is 10.1. The van der Waals surface area contributed by atoms with Crippen LogP contribution in [0.2, 0.25) is 0 Å². The molecule has 0 aliphatic rings. The van der Waals surface area contributed by atoms with E-state index < -0.39 is 18.6 Å². The molecule has 19 heavy (non-hydrogen) atoms. The number of hydrogen-bond acceptors (Lipinski definition) is 3. The molecule has 0 radical (unpaired) electrons. The van der Waals surface area contributed by atoms with Gasteiger partial charge in [-0.25, -0.2) is 0 Å². The fraction of sp³-hybridized carbons (Fsp3) is 0.417. The third kappa shape index (κ3) is 4.93. The lowest BCUT2D eigenvalue weighted by Crippen LogP contribution is -2.38. The Balaban J connectivity index is 2.83. The molecule has 0 aliphatic heterocycles. The average Bonchev–Trinajstić information content (AvgIpc) is 2.80. The Morgan fingerprint density at radius 3 is 2.68 bits per heavy atom. The van der Waals surface area contributed by atoms with E-state index in [-0.39, 0.29) is 18.0 Å². The van der Waals surface area contributed by atoms with Gasteiger partial charge in [-0.2, -0.15) is 13.2 Å². The lowest BCUT2D eigenvalue weighted by Gasteiger charge is -2.21. The number of halogens is 3. The first-order valence-corrected chi connectivity index (χ1v) is 6.24. The van der Waals surface area contributed by atoms with Crippen molar-refractivity contribution in [3.8, 4) is 11.8 Å². The normalized spacial score (nSPS) is 10.8. The summed E-state index contributed by atoms with van der Waals surface area (Å²) in [5.74, 6) is 4.34. The lowest BCUT2D eigenvalue weighted by atomic mass is 10.3. The van der Waals surface area contributed by atoms with Gasteiger partial charge in [0.15, 0.2) is 0 Å². The lowest BCUT2D eigenvalue weighted by molar-refractivity contribution is -0.140. The molecule has 0 aromatic carbocycles. The van der Waals surface area contributed by atoms with Gasteiger partial charge in [0.1, 0.15) is 13.2 Å². The maximum Gasteiger partial charge on any atom is 0.406 e. The van der Waals surface area contributed by atoms with E-state index in [1.165, 1.54) is 13.0 Å². The molecular formula is C12H12F3NO2S. The summed E-state index contributed by atoms with van der Waals surface area (Å²) in [5, 5.41) is 8.53. The monoisotopic (exact) mass is 291 g/mol. The molecule has 7 heteroatoms. The number of alkyl halides is 3. The van der Waals surface area contributed by atoms with Crippen LogP contribution in [-0.2, 0) is 0 Å². The Morgan fingerprint density at radius 1 is 1.47 bits per heavy atom. The molecule has 1 rings (SSSR count). The second kappa shape index (κ2) is 6.59. The summed E-state index contributed by atoms with van der Waals surface area (Å²) in [5.41, 5.74) is 0. The number of carbonyl (C=O) groups excluding carboxylic acids is 1. The van der Waals surface area contributed by atoms with Crippen molar-refractivity contribution in [2.45, 2.75) is 13.1 Å². The topological polar surface area (TPSA) is 40.5 Å². The van der Waals surface area contributed by atoms with Gasteiger partial charge in [0, 0.05) is 6.54 Å². The van der Waals surface area contributed by atoms with Gasteiger partial charge in [-0.15, -0.1) is 11.3 Å². The maximum atomic E-state index is 12.3. The van der Waals surface area contributed by atoms with Gasteiger partial charge in [-0.05, 0) is 19.1 Å². The Kier molecular flexibility index (Phi) is 5.39. The molecule has 0 atom stereocenters. The Hall–Kier alpha value is -1.52. The number of thiophene rings is 1. The molecule has 1 aromatic rings. The molecule has 1 amide bonds. The molecule has 0 saturated carbocycles. The number of carbonyl (C=O) groups is 1. The van der Waals surface area contributed by atoms with Crippen molar-refractivity contribution in [1.82, 2.24) is 4.90 Å². The number of amides is 1. The molecule has 104 valence electrons. The SMILES string of the molecule is CCN(CC(F)(F)F)C(=O)c1ccc(C#CCO)s1. The van der Waals surface area contributed by atoms with E-state index in [9.17, 15) is 18.0 Å². The van der Waals surface area contributed by atoms with Crippen molar-refractivity contribution >= 4 is 17.2 Å². The van der Waals surface area contributed by atoms with Crippen LogP contribution in [0.5, 0.6) is 0 Å². The summed E-state index contributed by atoms with van der Waals surface area (Å²) in [6, 6.07) is 2.98. The van der Waals surface area contributed by atoms with Crippen LogP contribution in [0.1, 0.15) is 21.5 Å². The van der Waals surface area contributed by atoms with Crippen molar-refractivity contribution in [1.29, 1.82) is 0 Å². The van der Waals surface area contributed by atoms with Gasteiger partial charge in [-0.1, -0.05) is 11.8 Å². The molecule has 0 spiro atoms. The van der Waals surface area contributed by atoms with Crippen LogP contribution in [-0.4, -0.2) is 41.8 Å². The molecule has 1 aromatic heterocycles. The molecule has 0 saturated heterocycles. The number of hydrogen-bond donors (Lipinski definition) is 1. The summed E-state index contributed by atoms with van der Waals surface area (Å²) in [6.07, 6.45) is -4.41. The van der Waals surface area contributed by atoms with E-state index in [0.29, 0.717) is 4.88 Å². The quantitative estimate of drug-likeness (QED) is 0.867. The van der Waals surface area contributed by atoms with E-state index in [1.54, 1.807) is 6.07 Å². The maximum absolute atomic E-state index is 12.3. The van der Waals surface area contributed by atoms with Crippen molar-refractivity contribution < 1.29 is 23.1 Å². The Bertz CT molecular complexity index is 499. The van der Waals surface area contributed by atoms with E-state index in [2.05, 4.69) is 11.8 Å². The van der Waals surface area contributed by atoms with Gasteiger partial charge < -0.3 is 10.0 Å². The molecule has 0 unspecified atom stereocenters. The van der Waals surface area contributed by atoms with Crippen LogP contribution >= 0.6 is 11.3 Å². The largest absolute Gasteiger partial charge is 0.406 e. The summed E-state index contributed by atoms with van der Waals surface area (Å²) in [4.78, 5) is 13.3. The Labute approximate surface area is 112 Å². The zero-order valence-corrected chi connectivity index (χ0v) is 10.9. The third-order valence-electron chi connectivity index (χ3n) is 2.15. The van der Waals surface area contributed by atoms with Crippen LogP contribution in [0.4, 0.5) is 13.2 Å². The fourth-order valence-electron chi connectivity index (χ4n) is 1.35. The highest BCUT2D eigenvalue weighted by Gasteiger charge is 2.32. The molecule has 0 bridgehead atoms. The highest BCUT2D eigenvalue weighted by molar-refractivity contribution is 7.14. The first kappa shape index (κ1) is 15.5. The standard InChI is InChI=1S/C12H12F3NO2S/c1-2-16(8-12(13,14)15)11(18)10-6-5-9(19-10)4-3-7-17/h5-6,17H,2,7-8H2,1H3. The van der Waals surface area contributed by atoms with Crippen molar-refractivity contribution in [3.63, 3.8) is 0 Å². The van der Waals surface area contributed by atoms with Crippen LogP contribution in [0.15, 0.2) is 12.1 Å². The Morgan fingerprint density at radius 2 is 2.16 bits per heavy atom. The van der Waals surface area contributed by atoms with Crippen LogP contribution in [0, 0.1) is 11.8 Å². The number of aliphatic hydroxyl groups is 1. The van der Waals surface area contributed by atoms with Gasteiger partial charge in [-0.3, -0.25) is 4.79 Å². The van der Waals surface area contributed by atoms with E-state index in [4.69, 9.17) is 5.11 Å². The molecule has 0 aliphatic carbocycles. The first-order chi connectivity index (χ1) is 8.87. The molecule has 0 fully saturated rings. The van der Waals surface area contributed by atoms with E-state index >= 15 is 0 Å². The smallest absolute Gasteiger partial charge is 0.384 e. The average molecular weight is 291 g/mol. The summed E-state index contributed by atoms with van der Waals surface area (Å²) < 4.78 is 36.9. The second-order valence-electron chi connectivity index (χ2n) is 3.56. The summed E-state index contributed by atoms with van der Waals surface area (Å²) >= 11 is 1.01. The van der Waals surface area contributed by atoms with Gasteiger partial charge in [0.25, 0.3) is 5.91 Å².